The van der Waals surface area contributed by atoms with Crippen molar-refractivity contribution in [1.29, 1.82) is 0 Å². The third-order valence-corrected chi connectivity index (χ3v) is 8.84. The Hall–Kier alpha value is -1.71. The molecule has 2 aliphatic heterocycles. The first-order chi connectivity index (χ1) is 13.0. The van der Waals surface area contributed by atoms with Gasteiger partial charge < -0.3 is 4.90 Å². The maximum Gasteiger partial charge on any atom is 0.274 e. The van der Waals surface area contributed by atoms with E-state index in [4.69, 9.17) is 0 Å². The molecule has 0 saturated carbocycles. The monoisotopic (exact) mass is 408 g/mol. The van der Waals surface area contributed by atoms with Gasteiger partial charge in [-0.1, -0.05) is 6.92 Å². The van der Waals surface area contributed by atoms with Crippen LogP contribution in [0, 0.1) is 0 Å². The van der Waals surface area contributed by atoms with E-state index < -0.39 is 10.0 Å². The first-order valence-corrected chi connectivity index (χ1v) is 11.7. The van der Waals surface area contributed by atoms with E-state index in [-0.39, 0.29) is 5.91 Å². The minimum Gasteiger partial charge on any atom is -0.335 e. The lowest BCUT2D eigenvalue weighted by Gasteiger charge is -2.33. The smallest absolute Gasteiger partial charge is 0.274 e. The van der Waals surface area contributed by atoms with Gasteiger partial charge in [0.15, 0.2) is 5.69 Å². The summed E-state index contributed by atoms with van der Waals surface area (Å²) >= 11 is 1.33. The topological polar surface area (TPSA) is 75.5 Å². The van der Waals surface area contributed by atoms with Gasteiger partial charge in [0, 0.05) is 43.3 Å². The molecule has 2 aromatic rings. The molecule has 0 N–H and O–H groups in total. The van der Waals surface area contributed by atoms with Gasteiger partial charge in [0.05, 0.1) is 0 Å². The summed E-state index contributed by atoms with van der Waals surface area (Å²) in [5.41, 5.74) is 1.60. The van der Waals surface area contributed by atoms with E-state index in [1.807, 2.05) is 23.7 Å². The van der Waals surface area contributed by atoms with Crippen molar-refractivity contribution < 1.29 is 13.2 Å². The fraction of sp³-hybridized carbons (Fsp3) is 0.556. The van der Waals surface area contributed by atoms with E-state index >= 15 is 0 Å². The summed E-state index contributed by atoms with van der Waals surface area (Å²) < 4.78 is 29.4. The van der Waals surface area contributed by atoms with E-state index in [1.54, 1.807) is 11.0 Å². The highest BCUT2D eigenvalue weighted by molar-refractivity contribution is 7.91. The van der Waals surface area contributed by atoms with E-state index in [2.05, 4.69) is 5.10 Å². The van der Waals surface area contributed by atoms with Gasteiger partial charge in [-0.3, -0.25) is 9.48 Å². The van der Waals surface area contributed by atoms with Crippen molar-refractivity contribution in [1.82, 2.24) is 19.0 Å². The molecule has 0 unspecified atom stereocenters. The second-order valence-electron chi connectivity index (χ2n) is 6.97. The van der Waals surface area contributed by atoms with Gasteiger partial charge >= 0.3 is 0 Å². The Labute approximate surface area is 163 Å². The number of rotatable bonds is 4. The number of hydrogen-bond acceptors (Lipinski definition) is 5. The van der Waals surface area contributed by atoms with Gasteiger partial charge in [0.2, 0.25) is 0 Å². The number of sulfonamides is 1. The van der Waals surface area contributed by atoms with Crippen LogP contribution in [-0.4, -0.2) is 59.5 Å². The number of fused-ring (bicyclic) bond motifs is 1. The number of hydrogen-bond donors (Lipinski definition) is 0. The van der Waals surface area contributed by atoms with E-state index in [0.29, 0.717) is 36.1 Å². The summed E-state index contributed by atoms with van der Waals surface area (Å²) in [5, 5.41) is 4.45. The predicted molar refractivity (Wildman–Crippen MR) is 104 cm³/mol. The van der Waals surface area contributed by atoms with Crippen molar-refractivity contribution in [3.05, 3.63) is 34.5 Å². The summed E-state index contributed by atoms with van der Waals surface area (Å²) in [6.45, 7) is 4.32. The molecule has 0 spiro atoms. The Bertz CT molecular complexity index is 916. The summed E-state index contributed by atoms with van der Waals surface area (Å²) in [5.74, 6) is -0.0988. The van der Waals surface area contributed by atoms with Crippen LogP contribution in [0.1, 0.15) is 40.8 Å². The molecule has 146 valence electrons. The minimum absolute atomic E-state index is 0.0988. The van der Waals surface area contributed by atoms with Crippen molar-refractivity contribution in [2.45, 2.75) is 43.4 Å². The van der Waals surface area contributed by atoms with Gasteiger partial charge in [-0.05, 0) is 43.9 Å². The van der Waals surface area contributed by atoms with Crippen molar-refractivity contribution in [2.24, 2.45) is 0 Å². The Morgan fingerprint density at radius 1 is 1.15 bits per heavy atom. The summed E-state index contributed by atoms with van der Waals surface area (Å²) in [6.07, 6.45) is 4.03. The number of carbonyl (C=O) groups is 1. The lowest BCUT2D eigenvalue weighted by atomic mass is 10.1. The van der Waals surface area contributed by atoms with E-state index in [0.717, 1.165) is 42.8 Å². The molecule has 0 aliphatic carbocycles. The fourth-order valence-corrected chi connectivity index (χ4v) is 6.50. The average Bonchev–Trinajstić information content (AvgIpc) is 3.34. The van der Waals surface area contributed by atoms with Crippen LogP contribution in [0.3, 0.4) is 0 Å². The zero-order valence-corrected chi connectivity index (χ0v) is 17.1. The molecule has 2 aromatic heterocycles. The normalized spacial score (nSPS) is 18.5. The molecule has 9 heteroatoms. The molecule has 0 radical (unpaired) electrons. The molecule has 7 nitrogen and oxygen atoms in total. The molecule has 27 heavy (non-hydrogen) atoms. The Kier molecular flexibility index (Phi) is 5.09. The second kappa shape index (κ2) is 7.37. The number of amides is 1. The van der Waals surface area contributed by atoms with Crippen LogP contribution in [0.15, 0.2) is 22.4 Å². The number of nitrogens with zero attached hydrogens (tertiary/aromatic N) is 4. The first-order valence-electron chi connectivity index (χ1n) is 9.44. The average molecular weight is 409 g/mol. The highest BCUT2D eigenvalue weighted by Gasteiger charge is 2.32. The van der Waals surface area contributed by atoms with Crippen LogP contribution in [-0.2, 0) is 29.4 Å². The number of carbonyl (C=O) groups excluding carboxylic acids is 1. The molecular weight excluding hydrogens is 384 g/mol. The lowest BCUT2D eigenvalue weighted by molar-refractivity contribution is 0.0691. The van der Waals surface area contributed by atoms with Crippen LogP contribution < -0.4 is 0 Å². The van der Waals surface area contributed by atoms with Gasteiger partial charge in [0.1, 0.15) is 4.21 Å². The number of thiophene rings is 1. The second-order valence-corrected chi connectivity index (χ2v) is 10.3. The van der Waals surface area contributed by atoms with E-state index in [9.17, 15) is 13.2 Å². The van der Waals surface area contributed by atoms with Crippen LogP contribution in [0.4, 0.5) is 0 Å². The highest BCUT2D eigenvalue weighted by atomic mass is 32.2. The molecule has 1 amide bonds. The van der Waals surface area contributed by atoms with Crippen LogP contribution in [0.5, 0.6) is 0 Å². The molecule has 0 bridgehead atoms. The number of aryl methyl sites for hydroxylation is 3. The molecular formula is C18H24N4O3S2. The van der Waals surface area contributed by atoms with Crippen LogP contribution >= 0.6 is 11.3 Å². The SMILES string of the molecule is CCc1ccc(S(=O)(=O)N2CCN(C(=O)c3cc4n(n3)CCCC4)CC2)s1. The Morgan fingerprint density at radius 3 is 2.59 bits per heavy atom. The maximum atomic E-state index is 12.8. The predicted octanol–water partition coefficient (Wildman–Crippen LogP) is 1.99. The molecule has 4 heterocycles. The van der Waals surface area contributed by atoms with E-state index in [1.165, 1.54) is 15.6 Å². The maximum absolute atomic E-state index is 12.8. The van der Waals surface area contributed by atoms with Crippen molar-refractivity contribution in [3.8, 4) is 0 Å². The first kappa shape index (κ1) is 18.6. The van der Waals surface area contributed by atoms with Gasteiger partial charge in [-0.25, -0.2) is 8.42 Å². The molecule has 2 aliphatic rings. The standard InChI is InChI=1S/C18H24N4O3S2/c1-2-15-6-7-17(26-15)27(24,25)21-11-9-20(10-12-21)18(23)16-13-14-5-3-4-8-22(14)19-16/h6-7,13H,2-5,8-12H2,1H3. The summed E-state index contributed by atoms with van der Waals surface area (Å²) in [7, 11) is -3.47. The summed E-state index contributed by atoms with van der Waals surface area (Å²) in [4.78, 5) is 15.5. The molecule has 4 rings (SSSR count). The molecule has 0 aromatic carbocycles. The third-order valence-electron chi connectivity index (χ3n) is 5.24. The Balaban J connectivity index is 1.42. The quantitative estimate of drug-likeness (QED) is 0.775. The largest absolute Gasteiger partial charge is 0.335 e. The zero-order valence-electron chi connectivity index (χ0n) is 15.4. The van der Waals surface area contributed by atoms with Crippen molar-refractivity contribution in [3.63, 3.8) is 0 Å². The Morgan fingerprint density at radius 2 is 1.93 bits per heavy atom. The van der Waals surface area contributed by atoms with Crippen molar-refractivity contribution in [2.75, 3.05) is 26.2 Å². The minimum atomic E-state index is -3.47. The third kappa shape index (κ3) is 3.55. The molecule has 1 saturated heterocycles. The molecule has 0 atom stereocenters. The van der Waals surface area contributed by atoms with Gasteiger partial charge in [0.25, 0.3) is 15.9 Å². The number of aromatic nitrogens is 2. The lowest BCUT2D eigenvalue weighted by Crippen LogP contribution is -2.50. The van der Waals surface area contributed by atoms with Crippen LogP contribution in [0.2, 0.25) is 0 Å². The van der Waals surface area contributed by atoms with Crippen molar-refractivity contribution >= 4 is 27.3 Å². The zero-order chi connectivity index (χ0) is 19.0. The highest BCUT2D eigenvalue weighted by Crippen LogP contribution is 2.26. The summed E-state index contributed by atoms with van der Waals surface area (Å²) in [6, 6.07) is 5.45. The molecule has 1 fully saturated rings. The van der Waals surface area contributed by atoms with Gasteiger partial charge in [-0.15, -0.1) is 11.3 Å². The fourth-order valence-electron chi connectivity index (χ4n) is 3.63. The van der Waals surface area contributed by atoms with Crippen LogP contribution in [0.25, 0.3) is 0 Å². The van der Waals surface area contributed by atoms with Gasteiger partial charge in [-0.2, -0.15) is 9.40 Å². The number of piperazine rings is 1.